The molecule has 4 nitrogen and oxygen atoms in total. The minimum Gasteiger partial charge on any atom is -0.366 e. The molecule has 60 valence electrons. The van der Waals surface area contributed by atoms with Crippen molar-refractivity contribution in [2.45, 2.75) is 12.1 Å². The summed E-state index contributed by atoms with van der Waals surface area (Å²) in [6.45, 7) is 0. The molecule has 0 bridgehead atoms. The third kappa shape index (κ3) is 1.89. The lowest BCUT2D eigenvalue weighted by molar-refractivity contribution is -0.114. The topological polar surface area (TPSA) is 95.1 Å². The Morgan fingerprint density at radius 3 is 2.55 bits per heavy atom. The van der Waals surface area contributed by atoms with E-state index in [2.05, 4.69) is 0 Å². The van der Waals surface area contributed by atoms with Crippen LogP contribution in [0.3, 0.4) is 0 Å². The molecule has 0 unspecified atom stereocenters. The fourth-order valence-corrected chi connectivity index (χ4v) is 0.960. The van der Waals surface area contributed by atoms with Gasteiger partial charge in [-0.05, 0) is 0 Å². The second-order valence-corrected chi connectivity index (χ2v) is 2.70. The zero-order chi connectivity index (χ0) is 8.48. The van der Waals surface area contributed by atoms with Crippen molar-refractivity contribution in [2.75, 3.05) is 0 Å². The van der Waals surface area contributed by atoms with Crippen LogP contribution in [0.15, 0.2) is 23.8 Å². The summed E-state index contributed by atoms with van der Waals surface area (Å²) < 4.78 is 0. The van der Waals surface area contributed by atoms with E-state index in [0.29, 0.717) is 12.0 Å². The predicted molar refractivity (Wildman–Crippen MR) is 42.1 cm³/mol. The first-order valence-electron chi connectivity index (χ1n) is 3.27. The van der Waals surface area contributed by atoms with Gasteiger partial charge in [0.1, 0.15) is 0 Å². The highest BCUT2D eigenvalue weighted by Crippen LogP contribution is 2.15. The highest BCUT2D eigenvalue weighted by atomic mass is 16.1. The van der Waals surface area contributed by atoms with Gasteiger partial charge in [-0.15, -0.1) is 0 Å². The van der Waals surface area contributed by atoms with Crippen LogP contribution in [0.4, 0.5) is 0 Å². The zero-order valence-electron chi connectivity index (χ0n) is 6.08. The first-order valence-corrected chi connectivity index (χ1v) is 3.27. The molecular weight excluding hydrogens is 142 g/mol. The van der Waals surface area contributed by atoms with Crippen molar-refractivity contribution >= 4 is 5.91 Å². The van der Waals surface area contributed by atoms with Crippen molar-refractivity contribution in [2.24, 2.45) is 17.2 Å². The number of hydrogen-bond acceptors (Lipinski definition) is 3. The maximum absolute atomic E-state index is 10.7. The molecule has 0 heterocycles. The minimum absolute atomic E-state index is 0.304. The van der Waals surface area contributed by atoms with Crippen LogP contribution in [0.25, 0.3) is 0 Å². The number of amides is 1. The lowest BCUT2D eigenvalue weighted by Gasteiger charge is -2.23. The Labute approximate surface area is 64.7 Å². The Morgan fingerprint density at radius 1 is 1.55 bits per heavy atom. The summed E-state index contributed by atoms with van der Waals surface area (Å²) in [6.07, 6.45) is 5.21. The van der Waals surface area contributed by atoms with Crippen molar-refractivity contribution in [3.05, 3.63) is 23.8 Å². The molecule has 0 saturated heterocycles. The van der Waals surface area contributed by atoms with Crippen LogP contribution < -0.4 is 17.2 Å². The quantitative estimate of drug-likeness (QED) is 0.420. The summed E-state index contributed by atoms with van der Waals surface area (Å²) in [6, 6.07) is 0. The largest absolute Gasteiger partial charge is 0.366 e. The molecule has 0 fully saturated rings. The lowest BCUT2D eigenvalue weighted by Crippen LogP contribution is -2.49. The first-order chi connectivity index (χ1) is 5.01. The average molecular weight is 153 g/mol. The van der Waals surface area contributed by atoms with Gasteiger partial charge in [-0.1, -0.05) is 18.2 Å². The summed E-state index contributed by atoms with van der Waals surface area (Å²) in [5, 5.41) is 0. The molecule has 1 aliphatic rings. The van der Waals surface area contributed by atoms with E-state index in [9.17, 15) is 4.79 Å². The van der Waals surface area contributed by atoms with Crippen molar-refractivity contribution in [3.8, 4) is 0 Å². The number of carbonyl (C=O) groups excluding carboxylic acids is 1. The smallest absolute Gasteiger partial charge is 0.244 e. The Balaban J connectivity index is 2.81. The minimum atomic E-state index is -0.918. The Morgan fingerprint density at radius 2 is 2.18 bits per heavy atom. The molecule has 0 saturated carbocycles. The van der Waals surface area contributed by atoms with Crippen molar-refractivity contribution < 1.29 is 4.79 Å². The molecule has 1 rings (SSSR count). The van der Waals surface area contributed by atoms with E-state index in [0.717, 1.165) is 0 Å². The average Bonchev–Trinajstić information content (AvgIpc) is 1.85. The molecule has 1 aliphatic carbocycles. The molecule has 0 aromatic carbocycles. The van der Waals surface area contributed by atoms with Crippen LogP contribution in [0, 0.1) is 0 Å². The van der Waals surface area contributed by atoms with Crippen molar-refractivity contribution in [1.82, 2.24) is 0 Å². The molecule has 1 amide bonds. The van der Waals surface area contributed by atoms with Gasteiger partial charge in [-0.3, -0.25) is 4.79 Å². The normalized spacial score (nSPS) is 21.1. The monoisotopic (exact) mass is 153 g/mol. The van der Waals surface area contributed by atoms with E-state index in [4.69, 9.17) is 17.2 Å². The number of allylic oxidation sites excluding steroid dienone is 2. The summed E-state index contributed by atoms with van der Waals surface area (Å²) in [7, 11) is 0. The van der Waals surface area contributed by atoms with Gasteiger partial charge in [-0.25, -0.2) is 0 Å². The van der Waals surface area contributed by atoms with Crippen LogP contribution in [0.5, 0.6) is 0 Å². The third-order valence-electron chi connectivity index (χ3n) is 1.52. The predicted octanol–water partition coefficient (Wildman–Crippen LogP) is -1.03. The van der Waals surface area contributed by atoms with Crippen LogP contribution in [-0.2, 0) is 4.79 Å². The second kappa shape index (κ2) is 2.48. The highest BCUT2D eigenvalue weighted by Gasteiger charge is 2.21. The second-order valence-electron chi connectivity index (χ2n) is 2.70. The molecule has 0 aliphatic heterocycles. The van der Waals surface area contributed by atoms with Gasteiger partial charge in [0.15, 0.2) is 0 Å². The van der Waals surface area contributed by atoms with Gasteiger partial charge >= 0.3 is 0 Å². The van der Waals surface area contributed by atoms with Gasteiger partial charge in [0.2, 0.25) is 5.91 Å². The molecule has 0 atom stereocenters. The van der Waals surface area contributed by atoms with Crippen LogP contribution >= 0.6 is 0 Å². The molecule has 4 heteroatoms. The Hall–Kier alpha value is -1.13. The van der Waals surface area contributed by atoms with Gasteiger partial charge < -0.3 is 17.2 Å². The van der Waals surface area contributed by atoms with E-state index in [-0.39, 0.29) is 0 Å². The SMILES string of the molecule is NC(=O)C1=CC=CC(N)(N)C1. The molecule has 0 spiro atoms. The molecule has 0 aromatic heterocycles. The number of nitrogens with two attached hydrogens (primary N) is 3. The maximum Gasteiger partial charge on any atom is 0.244 e. The van der Waals surface area contributed by atoms with Gasteiger partial charge in [0.05, 0.1) is 5.66 Å². The standard InChI is InChI=1S/C7H11N3O/c8-6(11)5-2-1-3-7(9,10)4-5/h1-3H,4,9-10H2,(H2,8,11). The molecule has 0 aromatic rings. The summed E-state index contributed by atoms with van der Waals surface area (Å²) in [5.41, 5.74) is 15.7. The molecule has 0 radical (unpaired) electrons. The van der Waals surface area contributed by atoms with E-state index in [1.165, 1.54) is 0 Å². The van der Waals surface area contributed by atoms with E-state index >= 15 is 0 Å². The van der Waals surface area contributed by atoms with Gasteiger partial charge in [0, 0.05) is 12.0 Å². The maximum atomic E-state index is 10.7. The summed E-state index contributed by atoms with van der Waals surface area (Å²) in [4.78, 5) is 10.7. The van der Waals surface area contributed by atoms with E-state index in [1.54, 1.807) is 18.2 Å². The number of primary amides is 1. The molecular formula is C7H11N3O. The van der Waals surface area contributed by atoms with Gasteiger partial charge in [0.25, 0.3) is 0 Å². The fourth-order valence-electron chi connectivity index (χ4n) is 0.960. The lowest BCUT2D eigenvalue weighted by atomic mass is 9.96. The fraction of sp³-hybridized carbons (Fsp3) is 0.286. The zero-order valence-corrected chi connectivity index (χ0v) is 6.08. The first kappa shape index (κ1) is 7.97. The highest BCUT2D eigenvalue weighted by molar-refractivity contribution is 5.92. The number of carbonyl (C=O) groups is 1. The van der Waals surface area contributed by atoms with Crippen LogP contribution in [-0.4, -0.2) is 11.6 Å². The Kier molecular flexibility index (Phi) is 1.80. The van der Waals surface area contributed by atoms with Gasteiger partial charge in [-0.2, -0.15) is 0 Å². The van der Waals surface area contributed by atoms with Crippen LogP contribution in [0.2, 0.25) is 0 Å². The Bertz CT molecular complexity index is 240. The third-order valence-corrected chi connectivity index (χ3v) is 1.52. The molecule has 11 heavy (non-hydrogen) atoms. The van der Waals surface area contributed by atoms with E-state index in [1.807, 2.05) is 0 Å². The molecule has 6 N–H and O–H groups in total. The summed E-state index contributed by atoms with van der Waals surface area (Å²) >= 11 is 0. The number of hydrogen-bond donors (Lipinski definition) is 3. The van der Waals surface area contributed by atoms with E-state index < -0.39 is 11.6 Å². The van der Waals surface area contributed by atoms with Crippen LogP contribution in [0.1, 0.15) is 6.42 Å². The van der Waals surface area contributed by atoms with Crippen molar-refractivity contribution in [3.63, 3.8) is 0 Å². The summed E-state index contributed by atoms with van der Waals surface area (Å²) in [5.74, 6) is -0.463. The van der Waals surface area contributed by atoms with Crippen molar-refractivity contribution in [1.29, 1.82) is 0 Å². The number of rotatable bonds is 1.